The number of carboxylic acids is 1. The second-order valence-corrected chi connectivity index (χ2v) is 7.20. The van der Waals surface area contributed by atoms with Crippen molar-refractivity contribution >= 4 is 34.6 Å². The van der Waals surface area contributed by atoms with Crippen LogP contribution in [-0.2, 0) is 22.7 Å². The Bertz CT molecular complexity index is 585. The number of hydrogen-bond donors (Lipinski definition) is 1. The molecular weight excluding hydrogens is 306 g/mol. The van der Waals surface area contributed by atoms with Crippen LogP contribution in [0.1, 0.15) is 16.2 Å². The van der Waals surface area contributed by atoms with Crippen LogP contribution < -0.4 is 0 Å². The standard InChI is InChI=1S/C15H15NO3S2/c17-14(12-7-13(12)15(18)19)16(8-10-3-1-5-20-10)9-11-4-2-6-21-11/h1-6,12-13H,7-9H2,(H,18,19)/t12-,13-/m1/s1. The number of aliphatic carboxylic acids is 1. The lowest BCUT2D eigenvalue weighted by molar-refractivity contribution is -0.142. The van der Waals surface area contributed by atoms with E-state index < -0.39 is 11.9 Å². The van der Waals surface area contributed by atoms with Crippen LogP contribution in [0.2, 0.25) is 0 Å². The molecule has 4 nitrogen and oxygen atoms in total. The molecule has 0 bridgehead atoms. The van der Waals surface area contributed by atoms with Gasteiger partial charge < -0.3 is 10.0 Å². The van der Waals surface area contributed by atoms with Gasteiger partial charge in [-0.25, -0.2) is 0 Å². The van der Waals surface area contributed by atoms with Crippen molar-refractivity contribution in [3.05, 3.63) is 44.8 Å². The van der Waals surface area contributed by atoms with Crippen molar-refractivity contribution in [2.45, 2.75) is 19.5 Å². The van der Waals surface area contributed by atoms with Crippen molar-refractivity contribution in [2.24, 2.45) is 11.8 Å². The zero-order valence-corrected chi connectivity index (χ0v) is 12.9. The molecule has 1 amide bonds. The lowest BCUT2D eigenvalue weighted by atomic mass is 10.2. The second-order valence-electron chi connectivity index (χ2n) is 5.14. The average Bonchev–Trinajstić information content (AvgIpc) is 2.85. The Hall–Kier alpha value is -1.66. The van der Waals surface area contributed by atoms with Gasteiger partial charge in [0.05, 0.1) is 24.9 Å². The van der Waals surface area contributed by atoms with Crippen molar-refractivity contribution < 1.29 is 14.7 Å². The fourth-order valence-electron chi connectivity index (χ4n) is 2.37. The maximum atomic E-state index is 12.5. The molecule has 2 aromatic heterocycles. The van der Waals surface area contributed by atoms with E-state index in [0.717, 1.165) is 9.75 Å². The lowest BCUT2D eigenvalue weighted by Crippen LogP contribution is -2.31. The molecule has 1 aliphatic rings. The first-order valence-electron chi connectivity index (χ1n) is 6.71. The molecule has 2 aromatic rings. The van der Waals surface area contributed by atoms with Crippen LogP contribution in [0, 0.1) is 11.8 Å². The van der Waals surface area contributed by atoms with Gasteiger partial charge in [0.15, 0.2) is 0 Å². The van der Waals surface area contributed by atoms with Gasteiger partial charge in [0.1, 0.15) is 0 Å². The van der Waals surface area contributed by atoms with Crippen molar-refractivity contribution in [3.8, 4) is 0 Å². The molecule has 1 N–H and O–H groups in total. The molecule has 2 heterocycles. The summed E-state index contributed by atoms with van der Waals surface area (Å²) in [4.78, 5) is 27.5. The van der Waals surface area contributed by atoms with Crippen molar-refractivity contribution in [1.82, 2.24) is 4.90 Å². The van der Waals surface area contributed by atoms with E-state index in [-0.39, 0.29) is 11.8 Å². The van der Waals surface area contributed by atoms with Crippen molar-refractivity contribution in [1.29, 1.82) is 0 Å². The summed E-state index contributed by atoms with van der Waals surface area (Å²) in [6, 6.07) is 7.93. The van der Waals surface area contributed by atoms with Crippen LogP contribution in [0.4, 0.5) is 0 Å². The van der Waals surface area contributed by atoms with Gasteiger partial charge in [-0.15, -0.1) is 22.7 Å². The van der Waals surface area contributed by atoms with Crippen LogP contribution in [0.5, 0.6) is 0 Å². The summed E-state index contributed by atoms with van der Waals surface area (Å²) in [5.74, 6) is -1.74. The maximum Gasteiger partial charge on any atom is 0.307 e. The Morgan fingerprint density at radius 2 is 1.67 bits per heavy atom. The van der Waals surface area contributed by atoms with Crippen LogP contribution >= 0.6 is 22.7 Å². The summed E-state index contributed by atoms with van der Waals surface area (Å²) in [5.41, 5.74) is 0. The predicted molar refractivity (Wildman–Crippen MR) is 82.1 cm³/mol. The number of carboxylic acid groups (broad SMARTS) is 1. The molecule has 1 saturated carbocycles. The summed E-state index contributed by atoms with van der Waals surface area (Å²) in [7, 11) is 0. The van der Waals surface area contributed by atoms with Gasteiger partial charge in [0.2, 0.25) is 5.91 Å². The van der Waals surface area contributed by atoms with Crippen LogP contribution in [0.15, 0.2) is 35.0 Å². The third-order valence-corrected chi connectivity index (χ3v) is 5.31. The average molecular weight is 321 g/mol. The van der Waals surface area contributed by atoms with E-state index >= 15 is 0 Å². The second kappa shape index (κ2) is 5.99. The molecule has 3 rings (SSSR count). The van der Waals surface area contributed by atoms with E-state index in [1.165, 1.54) is 0 Å². The molecule has 2 atom stereocenters. The van der Waals surface area contributed by atoms with Gasteiger partial charge in [-0.1, -0.05) is 12.1 Å². The monoisotopic (exact) mass is 321 g/mol. The predicted octanol–water partition coefficient (Wildman–Crippen LogP) is 3.06. The van der Waals surface area contributed by atoms with E-state index in [2.05, 4.69) is 0 Å². The Morgan fingerprint density at radius 1 is 1.10 bits per heavy atom. The van der Waals surface area contributed by atoms with Gasteiger partial charge in [-0.3, -0.25) is 9.59 Å². The highest BCUT2D eigenvalue weighted by Crippen LogP contribution is 2.40. The maximum absolute atomic E-state index is 12.5. The van der Waals surface area contributed by atoms with Crippen LogP contribution in [-0.4, -0.2) is 21.9 Å². The number of carbonyl (C=O) groups excluding carboxylic acids is 1. The topological polar surface area (TPSA) is 57.6 Å². The summed E-state index contributed by atoms with van der Waals surface area (Å²) in [5, 5.41) is 13.0. The fourth-order valence-corrected chi connectivity index (χ4v) is 3.81. The number of hydrogen-bond acceptors (Lipinski definition) is 4. The van der Waals surface area contributed by atoms with Gasteiger partial charge >= 0.3 is 5.97 Å². The molecule has 110 valence electrons. The van der Waals surface area contributed by atoms with Crippen molar-refractivity contribution in [2.75, 3.05) is 0 Å². The zero-order valence-electron chi connectivity index (χ0n) is 11.3. The van der Waals surface area contributed by atoms with Gasteiger partial charge in [-0.2, -0.15) is 0 Å². The van der Waals surface area contributed by atoms with E-state index in [1.807, 2.05) is 35.0 Å². The van der Waals surface area contributed by atoms with E-state index in [4.69, 9.17) is 5.11 Å². The third kappa shape index (κ3) is 3.33. The fraction of sp³-hybridized carbons (Fsp3) is 0.333. The molecule has 1 fully saturated rings. The third-order valence-electron chi connectivity index (χ3n) is 3.59. The molecule has 1 aliphatic carbocycles. The first-order valence-corrected chi connectivity index (χ1v) is 8.47. The quantitative estimate of drug-likeness (QED) is 0.889. The van der Waals surface area contributed by atoms with Crippen molar-refractivity contribution in [3.63, 3.8) is 0 Å². The van der Waals surface area contributed by atoms with E-state index in [1.54, 1.807) is 27.6 Å². The van der Waals surface area contributed by atoms with Gasteiger partial charge in [0.25, 0.3) is 0 Å². The lowest BCUT2D eigenvalue weighted by Gasteiger charge is -2.21. The minimum atomic E-state index is -0.861. The molecule has 21 heavy (non-hydrogen) atoms. The number of carbonyl (C=O) groups is 2. The highest BCUT2D eigenvalue weighted by Gasteiger charge is 2.49. The summed E-state index contributed by atoms with van der Waals surface area (Å²) >= 11 is 3.23. The molecule has 0 saturated heterocycles. The van der Waals surface area contributed by atoms with E-state index in [0.29, 0.717) is 19.5 Å². The minimum absolute atomic E-state index is 0.0378. The molecule has 0 spiro atoms. The molecule has 6 heteroatoms. The highest BCUT2D eigenvalue weighted by molar-refractivity contribution is 7.10. The molecule has 0 unspecified atom stereocenters. The number of nitrogens with zero attached hydrogens (tertiary/aromatic N) is 1. The largest absolute Gasteiger partial charge is 0.481 e. The Morgan fingerprint density at radius 3 is 2.05 bits per heavy atom. The van der Waals surface area contributed by atoms with Gasteiger partial charge in [-0.05, 0) is 29.3 Å². The summed E-state index contributed by atoms with van der Waals surface area (Å²) in [6.07, 6.45) is 0.472. The summed E-state index contributed by atoms with van der Waals surface area (Å²) < 4.78 is 0. The van der Waals surface area contributed by atoms with Crippen LogP contribution in [0.25, 0.3) is 0 Å². The first-order chi connectivity index (χ1) is 10.1. The molecular formula is C15H15NO3S2. The molecule has 0 aliphatic heterocycles. The Kier molecular flexibility index (Phi) is 4.07. The SMILES string of the molecule is O=C(O)[C@@H]1C[C@H]1C(=O)N(Cc1cccs1)Cc1cccs1. The number of amides is 1. The molecule has 0 radical (unpaired) electrons. The normalized spacial score (nSPS) is 20.2. The Balaban J connectivity index is 1.72. The Labute approximate surface area is 130 Å². The van der Waals surface area contributed by atoms with E-state index in [9.17, 15) is 9.59 Å². The first kappa shape index (κ1) is 14.3. The number of rotatable bonds is 6. The molecule has 0 aromatic carbocycles. The zero-order chi connectivity index (χ0) is 14.8. The van der Waals surface area contributed by atoms with Crippen LogP contribution in [0.3, 0.4) is 0 Å². The smallest absolute Gasteiger partial charge is 0.307 e. The minimum Gasteiger partial charge on any atom is -0.481 e. The highest BCUT2D eigenvalue weighted by atomic mass is 32.1. The van der Waals surface area contributed by atoms with Gasteiger partial charge in [0, 0.05) is 9.75 Å². The summed E-state index contributed by atoms with van der Waals surface area (Å²) in [6.45, 7) is 1.11. The number of thiophene rings is 2.